The monoisotopic (exact) mass is 258 g/mol. The zero-order chi connectivity index (χ0) is 12.5. The number of carbonyl (C=O) groups is 1. The molecule has 0 saturated heterocycles. The summed E-state index contributed by atoms with van der Waals surface area (Å²) in [5.41, 5.74) is 2.19. The molecule has 0 saturated carbocycles. The lowest BCUT2D eigenvalue weighted by atomic mass is 10.4. The number of thiazole rings is 1. The Bertz CT molecular complexity index is 702. The van der Waals surface area contributed by atoms with Gasteiger partial charge in [0.1, 0.15) is 11.3 Å². The van der Waals surface area contributed by atoms with Crippen molar-refractivity contribution in [1.29, 1.82) is 0 Å². The molecule has 5 nitrogen and oxygen atoms in total. The van der Waals surface area contributed by atoms with Crippen molar-refractivity contribution in [2.24, 2.45) is 0 Å². The Morgan fingerprint density at radius 1 is 1.44 bits per heavy atom. The second-order valence-corrected chi connectivity index (χ2v) is 4.71. The van der Waals surface area contributed by atoms with Crippen molar-refractivity contribution in [2.75, 3.05) is 5.32 Å². The molecule has 3 aromatic heterocycles. The molecule has 0 atom stereocenters. The zero-order valence-corrected chi connectivity index (χ0v) is 10.4. The number of aryl methyl sites for hydroxylation is 1. The third kappa shape index (κ3) is 1.86. The van der Waals surface area contributed by atoms with E-state index in [1.807, 2.05) is 34.9 Å². The Balaban J connectivity index is 1.94. The molecule has 0 aliphatic rings. The SMILES string of the molecule is Cc1cccc2nc(C(=O)Nc3nccs3)cn12. The predicted octanol–water partition coefficient (Wildman–Crippen LogP) is 2.35. The van der Waals surface area contributed by atoms with E-state index < -0.39 is 0 Å². The van der Waals surface area contributed by atoms with Gasteiger partial charge in [-0.05, 0) is 19.1 Å². The molecular weight excluding hydrogens is 248 g/mol. The molecule has 1 amide bonds. The van der Waals surface area contributed by atoms with Crippen molar-refractivity contribution in [1.82, 2.24) is 14.4 Å². The van der Waals surface area contributed by atoms with Gasteiger partial charge in [0.05, 0.1) is 0 Å². The van der Waals surface area contributed by atoms with E-state index in [0.717, 1.165) is 11.3 Å². The number of hydrogen-bond donors (Lipinski definition) is 1. The standard InChI is InChI=1S/C12H10N4OS/c1-8-3-2-4-10-14-9(7-16(8)10)11(17)15-12-13-5-6-18-12/h2-7H,1H3,(H,13,15,17). The van der Waals surface area contributed by atoms with Crippen LogP contribution in [0.2, 0.25) is 0 Å². The Hall–Kier alpha value is -2.21. The van der Waals surface area contributed by atoms with E-state index in [1.54, 1.807) is 12.4 Å². The number of aromatic nitrogens is 3. The van der Waals surface area contributed by atoms with Crippen LogP contribution in [0.5, 0.6) is 0 Å². The van der Waals surface area contributed by atoms with Gasteiger partial charge in [0.15, 0.2) is 5.13 Å². The first-order valence-electron chi connectivity index (χ1n) is 5.39. The van der Waals surface area contributed by atoms with Crippen LogP contribution in [0.25, 0.3) is 5.65 Å². The van der Waals surface area contributed by atoms with E-state index in [1.165, 1.54) is 11.3 Å². The van der Waals surface area contributed by atoms with Crippen molar-refractivity contribution in [3.05, 3.63) is 47.4 Å². The van der Waals surface area contributed by atoms with Crippen molar-refractivity contribution in [3.8, 4) is 0 Å². The first-order chi connectivity index (χ1) is 8.74. The van der Waals surface area contributed by atoms with Gasteiger partial charge in [0, 0.05) is 23.5 Å². The summed E-state index contributed by atoms with van der Waals surface area (Å²) in [6, 6.07) is 5.75. The number of nitrogens with zero attached hydrogens (tertiary/aromatic N) is 3. The van der Waals surface area contributed by atoms with Crippen LogP contribution >= 0.6 is 11.3 Å². The first kappa shape index (κ1) is 10.9. The number of rotatable bonds is 2. The van der Waals surface area contributed by atoms with Crippen LogP contribution in [0.3, 0.4) is 0 Å². The second kappa shape index (κ2) is 4.23. The number of pyridine rings is 1. The molecule has 0 fully saturated rings. The molecule has 3 aromatic rings. The Morgan fingerprint density at radius 3 is 3.06 bits per heavy atom. The smallest absolute Gasteiger partial charge is 0.277 e. The topological polar surface area (TPSA) is 59.3 Å². The summed E-state index contributed by atoms with van der Waals surface area (Å²) >= 11 is 1.38. The van der Waals surface area contributed by atoms with E-state index >= 15 is 0 Å². The Labute approximate surface area is 107 Å². The van der Waals surface area contributed by atoms with E-state index in [0.29, 0.717) is 10.8 Å². The highest BCUT2D eigenvalue weighted by atomic mass is 32.1. The van der Waals surface area contributed by atoms with Crippen LogP contribution in [0.15, 0.2) is 36.0 Å². The van der Waals surface area contributed by atoms with Crippen molar-refractivity contribution in [2.45, 2.75) is 6.92 Å². The van der Waals surface area contributed by atoms with Crippen LogP contribution in [-0.2, 0) is 0 Å². The fourth-order valence-electron chi connectivity index (χ4n) is 1.70. The maximum absolute atomic E-state index is 12.0. The predicted molar refractivity (Wildman–Crippen MR) is 70.0 cm³/mol. The minimum Gasteiger partial charge on any atom is -0.304 e. The zero-order valence-electron chi connectivity index (χ0n) is 9.62. The highest BCUT2D eigenvalue weighted by Gasteiger charge is 2.12. The molecular formula is C12H10N4OS. The molecule has 0 unspecified atom stereocenters. The summed E-state index contributed by atoms with van der Waals surface area (Å²) in [4.78, 5) is 20.3. The second-order valence-electron chi connectivity index (χ2n) is 3.81. The van der Waals surface area contributed by atoms with Crippen molar-refractivity contribution < 1.29 is 4.79 Å². The molecule has 0 aliphatic heterocycles. The molecule has 3 heterocycles. The first-order valence-corrected chi connectivity index (χ1v) is 6.27. The Morgan fingerprint density at radius 2 is 2.33 bits per heavy atom. The lowest BCUT2D eigenvalue weighted by Gasteiger charge is -1.96. The molecule has 90 valence electrons. The third-order valence-electron chi connectivity index (χ3n) is 2.58. The van der Waals surface area contributed by atoms with E-state index in [-0.39, 0.29) is 5.91 Å². The van der Waals surface area contributed by atoms with Crippen LogP contribution in [0.4, 0.5) is 5.13 Å². The summed E-state index contributed by atoms with van der Waals surface area (Å²) in [7, 11) is 0. The molecule has 0 radical (unpaired) electrons. The minimum absolute atomic E-state index is 0.243. The fraction of sp³-hybridized carbons (Fsp3) is 0.0833. The summed E-state index contributed by atoms with van der Waals surface area (Å²) in [6.45, 7) is 1.97. The average Bonchev–Trinajstić information content (AvgIpc) is 2.97. The summed E-state index contributed by atoms with van der Waals surface area (Å²) in [5, 5.41) is 5.10. The number of carbonyl (C=O) groups excluding carboxylic acids is 1. The number of imidazole rings is 1. The lowest BCUT2D eigenvalue weighted by Crippen LogP contribution is -2.11. The maximum Gasteiger partial charge on any atom is 0.277 e. The molecule has 6 heteroatoms. The van der Waals surface area contributed by atoms with Crippen LogP contribution in [0.1, 0.15) is 16.2 Å². The van der Waals surface area contributed by atoms with E-state index in [9.17, 15) is 4.79 Å². The highest BCUT2D eigenvalue weighted by Crippen LogP contribution is 2.13. The molecule has 0 bridgehead atoms. The summed E-state index contributed by atoms with van der Waals surface area (Å²) in [5.74, 6) is -0.243. The van der Waals surface area contributed by atoms with Crippen molar-refractivity contribution >= 4 is 28.0 Å². The van der Waals surface area contributed by atoms with Crippen LogP contribution < -0.4 is 5.32 Å². The molecule has 0 spiro atoms. The summed E-state index contributed by atoms with van der Waals surface area (Å²) < 4.78 is 1.89. The van der Waals surface area contributed by atoms with Crippen LogP contribution in [-0.4, -0.2) is 20.3 Å². The Kier molecular flexibility index (Phi) is 2.56. The highest BCUT2D eigenvalue weighted by molar-refractivity contribution is 7.13. The lowest BCUT2D eigenvalue weighted by molar-refractivity contribution is 0.102. The largest absolute Gasteiger partial charge is 0.304 e. The van der Waals surface area contributed by atoms with Gasteiger partial charge in [-0.25, -0.2) is 9.97 Å². The molecule has 3 rings (SSSR count). The summed E-state index contributed by atoms with van der Waals surface area (Å²) in [6.07, 6.45) is 3.38. The maximum atomic E-state index is 12.0. The number of anilines is 1. The number of hydrogen-bond acceptors (Lipinski definition) is 4. The minimum atomic E-state index is -0.243. The van der Waals surface area contributed by atoms with E-state index in [4.69, 9.17) is 0 Å². The molecule has 18 heavy (non-hydrogen) atoms. The van der Waals surface area contributed by atoms with E-state index in [2.05, 4.69) is 15.3 Å². The molecule has 0 aliphatic carbocycles. The van der Waals surface area contributed by atoms with Crippen LogP contribution in [0, 0.1) is 6.92 Å². The fourth-order valence-corrected chi connectivity index (χ4v) is 2.23. The van der Waals surface area contributed by atoms with Crippen molar-refractivity contribution in [3.63, 3.8) is 0 Å². The number of nitrogens with one attached hydrogen (secondary N) is 1. The van der Waals surface area contributed by atoms with Gasteiger partial charge in [0.25, 0.3) is 5.91 Å². The van der Waals surface area contributed by atoms with Gasteiger partial charge in [-0.1, -0.05) is 6.07 Å². The van der Waals surface area contributed by atoms with Gasteiger partial charge in [-0.15, -0.1) is 11.3 Å². The van der Waals surface area contributed by atoms with Gasteiger partial charge >= 0.3 is 0 Å². The number of fused-ring (bicyclic) bond motifs is 1. The van der Waals surface area contributed by atoms with Gasteiger partial charge in [0.2, 0.25) is 0 Å². The average molecular weight is 258 g/mol. The third-order valence-corrected chi connectivity index (χ3v) is 3.27. The molecule has 0 aromatic carbocycles. The molecule has 1 N–H and O–H groups in total. The quantitative estimate of drug-likeness (QED) is 0.767. The number of amides is 1. The van der Waals surface area contributed by atoms with Gasteiger partial charge in [-0.2, -0.15) is 0 Å². The van der Waals surface area contributed by atoms with Gasteiger partial charge < -0.3 is 4.40 Å². The van der Waals surface area contributed by atoms with Gasteiger partial charge in [-0.3, -0.25) is 10.1 Å². The normalized spacial score (nSPS) is 10.7.